The van der Waals surface area contributed by atoms with Gasteiger partial charge in [0.1, 0.15) is 12.2 Å². The van der Waals surface area contributed by atoms with Crippen molar-refractivity contribution in [1.82, 2.24) is 24.6 Å². The van der Waals surface area contributed by atoms with Gasteiger partial charge in [-0.1, -0.05) is 0 Å². The molecule has 0 aliphatic carbocycles. The highest BCUT2D eigenvalue weighted by molar-refractivity contribution is 5.84. The second-order valence-corrected chi connectivity index (χ2v) is 6.49. The van der Waals surface area contributed by atoms with Crippen LogP contribution >= 0.6 is 0 Å². The minimum absolute atomic E-state index is 0.190. The summed E-state index contributed by atoms with van der Waals surface area (Å²) in [5.41, 5.74) is -0.190. The smallest absolute Gasteiger partial charge is 0.230 e. The lowest BCUT2D eigenvalue weighted by atomic mass is 9.78. The Kier molecular flexibility index (Phi) is 4.44. The second-order valence-electron chi connectivity index (χ2n) is 6.49. The van der Waals surface area contributed by atoms with E-state index in [1.165, 1.54) is 0 Å². The topological polar surface area (TPSA) is 63.5 Å². The number of methoxy groups -OCH3 is 1. The van der Waals surface area contributed by atoms with E-state index < -0.39 is 0 Å². The molecule has 2 fully saturated rings. The van der Waals surface area contributed by atoms with Crippen molar-refractivity contribution in [2.75, 3.05) is 39.9 Å². The fraction of sp³-hybridized carbons (Fsp3) is 0.800. The summed E-state index contributed by atoms with van der Waals surface area (Å²) in [7, 11) is 3.64. The first-order chi connectivity index (χ1) is 10.6. The Labute approximate surface area is 131 Å². The predicted octanol–water partition coefficient (Wildman–Crippen LogP) is 0.276. The summed E-state index contributed by atoms with van der Waals surface area (Å²) in [6.07, 6.45) is 4.77. The minimum atomic E-state index is -0.190. The van der Waals surface area contributed by atoms with Crippen LogP contribution in [0.25, 0.3) is 0 Å². The highest BCUT2D eigenvalue weighted by Gasteiger charge is 2.48. The van der Waals surface area contributed by atoms with Crippen LogP contribution in [0.15, 0.2) is 6.33 Å². The lowest BCUT2D eigenvalue weighted by molar-refractivity contribution is -0.146. The molecule has 1 atom stereocenters. The van der Waals surface area contributed by atoms with Gasteiger partial charge in [0.05, 0.1) is 18.6 Å². The monoisotopic (exact) mass is 307 g/mol. The molecule has 0 radical (unpaired) electrons. The molecule has 122 valence electrons. The Morgan fingerprint density at radius 1 is 1.36 bits per heavy atom. The number of aromatic nitrogens is 3. The Morgan fingerprint density at radius 2 is 2.23 bits per heavy atom. The molecule has 2 aliphatic rings. The van der Waals surface area contributed by atoms with Gasteiger partial charge < -0.3 is 14.2 Å². The molecule has 0 saturated carbocycles. The van der Waals surface area contributed by atoms with E-state index in [1.807, 2.05) is 16.5 Å². The maximum absolute atomic E-state index is 12.9. The Morgan fingerprint density at radius 3 is 2.95 bits per heavy atom. The normalized spacial score (nSPS) is 26.3. The van der Waals surface area contributed by atoms with Gasteiger partial charge in [-0.2, -0.15) is 0 Å². The molecule has 7 nitrogen and oxygen atoms in total. The molecular formula is C15H25N5O2. The van der Waals surface area contributed by atoms with Gasteiger partial charge >= 0.3 is 0 Å². The van der Waals surface area contributed by atoms with Gasteiger partial charge in [0, 0.05) is 33.8 Å². The van der Waals surface area contributed by atoms with E-state index in [0.29, 0.717) is 19.1 Å². The van der Waals surface area contributed by atoms with E-state index in [1.54, 1.807) is 13.4 Å². The minimum Gasteiger partial charge on any atom is -0.383 e. The zero-order valence-corrected chi connectivity index (χ0v) is 13.5. The second kappa shape index (κ2) is 6.34. The molecule has 22 heavy (non-hydrogen) atoms. The van der Waals surface area contributed by atoms with Gasteiger partial charge in [-0.3, -0.25) is 9.69 Å². The van der Waals surface area contributed by atoms with E-state index in [0.717, 1.165) is 51.3 Å². The summed E-state index contributed by atoms with van der Waals surface area (Å²) in [5, 5.41) is 8.07. The van der Waals surface area contributed by atoms with E-state index in [4.69, 9.17) is 4.74 Å². The molecule has 2 saturated heterocycles. The standard InChI is InChI=1S/C15H25N5O2/c1-18-12-16-17-13(18)10-19-7-5-15(11-19)4-3-6-20(14(15)21)8-9-22-2/h12H,3-11H2,1-2H3. The van der Waals surface area contributed by atoms with E-state index in [2.05, 4.69) is 15.1 Å². The quantitative estimate of drug-likeness (QED) is 0.782. The lowest BCUT2D eigenvalue weighted by Crippen LogP contribution is -2.50. The number of carbonyl (C=O) groups is 1. The maximum Gasteiger partial charge on any atom is 0.230 e. The average molecular weight is 307 g/mol. The maximum atomic E-state index is 12.9. The SMILES string of the molecule is COCCN1CCCC2(CCN(Cc3nncn3C)C2)C1=O. The molecule has 0 bridgehead atoms. The average Bonchev–Trinajstić information content (AvgIpc) is 3.10. The van der Waals surface area contributed by atoms with Crippen LogP contribution < -0.4 is 0 Å². The summed E-state index contributed by atoms with van der Waals surface area (Å²) >= 11 is 0. The van der Waals surface area contributed by atoms with Gasteiger partial charge in [-0.25, -0.2) is 0 Å². The van der Waals surface area contributed by atoms with Crippen LogP contribution in [-0.2, 0) is 23.1 Å². The number of hydrogen-bond acceptors (Lipinski definition) is 5. The summed E-state index contributed by atoms with van der Waals surface area (Å²) in [4.78, 5) is 17.2. The number of hydrogen-bond donors (Lipinski definition) is 0. The third kappa shape index (κ3) is 2.87. The van der Waals surface area contributed by atoms with Crippen LogP contribution in [0.5, 0.6) is 0 Å². The van der Waals surface area contributed by atoms with Crippen molar-refractivity contribution < 1.29 is 9.53 Å². The van der Waals surface area contributed by atoms with Crippen molar-refractivity contribution in [2.24, 2.45) is 12.5 Å². The highest BCUT2D eigenvalue weighted by Crippen LogP contribution is 2.40. The zero-order valence-electron chi connectivity index (χ0n) is 13.5. The Balaban J connectivity index is 1.64. The van der Waals surface area contributed by atoms with Crippen molar-refractivity contribution in [1.29, 1.82) is 0 Å². The summed E-state index contributed by atoms with van der Waals surface area (Å²) in [6, 6.07) is 0. The molecule has 1 spiro atoms. The fourth-order valence-corrected chi connectivity index (χ4v) is 3.69. The third-order valence-corrected chi connectivity index (χ3v) is 4.99. The molecule has 7 heteroatoms. The number of amides is 1. The Hall–Kier alpha value is -1.47. The number of likely N-dealkylation sites (tertiary alicyclic amines) is 2. The van der Waals surface area contributed by atoms with E-state index in [9.17, 15) is 4.79 Å². The predicted molar refractivity (Wildman–Crippen MR) is 81.0 cm³/mol. The summed E-state index contributed by atoms with van der Waals surface area (Å²) in [5.74, 6) is 1.27. The van der Waals surface area contributed by atoms with Crippen LogP contribution in [0.4, 0.5) is 0 Å². The van der Waals surface area contributed by atoms with Gasteiger partial charge in [0.15, 0.2) is 0 Å². The highest BCUT2D eigenvalue weighted by atomic mass is 16.5. The molecule has 0 N–H and O–H groups in total. The van der Waals surface area contributed by atoms with Crippen molar-refractivity contribution in [3.63, 3.8) is 0 Å². The van der Waals surface area contributed by atoms with Gasteiger partial charge in [0.25, 0.3) is 0 Å². The van der Waals surface area contributed by atoms with Crippen LogP contribution in [0.3, 0.4) is 0 Å². The molecule has 1 unspecified atom stereocenters. The first-order valence-corrected chi connectivity index (χ1v) is 7.98. The van der Waals surface area contributed by atoms with Crippen molar-refractivity contribution in [3.05, 3.63) is 12.2 Å². The number of carbonyl (C=O) groups excluding carboxylic acids is 1. The van der Waals surface area contributed by atoms with Crippen LogP contribution in [0, 0.1) is 5.41 Å². The number of aryl methyl sites for hydroxylation is 1. The molecule has 3 rings (SSSR count). The van der Waals surface area contributed by atoms with Crippen LogP contribution in [-0.4, -0.2) is 70.4 Å². The molecule has 3 heterocycles. The first-order valence-electron chi connectivity index (χ1n) is 7.98. The molecule has 1 amide bonds. The molecule has 2 aliphatic heterocycles. The molecule has 1 aromatic heterocycles. The lowest BCUT2D eigenvalue weighted by Gasteiger charge is -2.39. The van der Waals surface area contributed by atoms with Gasteiger partial charge in [-0.15, -0.1) is 10.2 Å². The molecule has 1 aromatic rings. The van der Waals surface area contributed by atoms with E-state index >= 15 is 0 Å². The molecular weight excluding hydrogens is 282 g/mol. The molecule has 0 aromatic carbocycles. The van der Waals surface area contributed by atoms with Crippen molar-refractivity contribution >= 4 is 5.91 Å². The van der Waals surface area contributed by atoms with Gasteiger partial charge in [-0.05, 0) is 25.8 Å². The van der Waals surface area contributed by atoms with Crippen molar-refractivity contribution in [2.45, 2.75) is 25.8 Å². The zero-order chi connectivity index (χ0) is 15.6. The number of ether oxygens (including phenoxy) is 1. The largest absolute Gasteiger partial charge is 0.383 e. The first kappa shape index (κ1) is 15.4. The van der Waals surface area contributed by atoms with Crippen LogP contribution in [0.1, 0.15) is 25.1 Å². The fourth-order valence-electron chi connectivity index (χ4n) is 3.69. The number of nitrogens with zero attached hydrogens (tertiary/aromatic N) is 5. The summed E-state index contributed by atoms with van der Waals surface area (Å²) < 4.78 is 7.07. The Bertz CT molecular complexity index is 532. The number of piperidine rings is 1. The van der Waals surface area contributed by atoms with E-state index in [-0.39, 0.29) is 5.41 Å². The van der Waals surface area contributed by atoms with Crippen molar-refractivity contribution in [3.8, 4) is 0 Å². The number of rotatable bonds is 5. The van der Waals surface area contributed by atoms with Crippen LogP contribution in [0.2, 0.25) is 0 Å². The summed E-state index contributed by atoms with van der Waals surface area (Å²) in [6.45, 7) is 4.75. The third-order valence-electron chi connectivity index (χ3n) is 4.99. The van der Waals surface area contributed by atoms with Gasteiger partial charge in [0.2, 0.25) is 5.91 Å².